The van der Waals surface area contributed by atoms with Gasteiger partial charge in [-0.1, -0.05) is 11.6 Å². The molecule has 2 aromatic heterocycles. The lowest BCUT2D eigenvalue weighted by Gasteiger charge is -2.35. The van der Waals surface area contributed by atoms with E-state index >= 15 is 4.39 Å². The van der Waals surface area contributed by atoms with Gasteiger partial charge in [0.15, 0.2) is 0 Å². The summed E-state index contributed by atoms with van der Waals surface area (Å²) in [6, 6.07) is 1.38. The zero-order valence-corrected chi connectivity index (χ0v) is 20.6. The monoisotopic (exact) mass is 523 g/mol. The molecule has 1 aliphatic carbocycles. The normalized spacial score (nSPS) is 20.7. The highest BCUT2D eigenvalue weighted by molar-refractivity contribution is 6.31. The second kappa shape index (κ2) is 10.0. The molecule has 0 aliphatic heterocycles. The summed E-state index contributed by atoms with van der Waals surface area (Å²) in [5, 5.41) is 25.0. The van der Waals surface area contributed by atoms with Crippen LogP contribution >= 0.6 is 11.6 Å². The molecule has 2 amide bonds. The van der Waals surface area contributed by atoms with E-state index in [1.165, 1.54) is 33.2 Å². The number of nitrogens with zero attached hydrogens (tertiary/aromatic N) is 6. The molecule has 2 heterocycles. The second-order valence-corrected chi connectivity index (χ2v) is 9.60. The first-order chi connectivity index (χ1) is 16.9. The molecule has 1 saturated carbocycles. The van der Waals surface area contributed by atoms with Crippen LogP contribution in [0.4, 0.5) is 18.0 Å². The summed E-state index contributed by atoms with van der Waals surface area (Å²) in [4.78, 5) is 17.8. The van der Waals surface area contributed by atoms with Gasteiger partial charge in [0.25, 0.3) is 0 Å². The number of carbonyl (C=O) groups excluding carboxylic acids is 1. The highest BCUT2D eigenvalue weighted by Crippen LogP contribution is 2.36. The third-order valence-electron chi connectivity index (χ3n) is 6.27. The van der Waals surface area contributed by atoms with Crippen molar-refractivity contribution >= 4 is 17.6 Å². The summed E-state index contributed by atoms with van der Waals surface area (Å²) >= 11 is 6.04. The van der Waals surface area contributed by atoms with Gasteiger partial charge in [-0.05, 0) is 68.5 Å². The quantitative estimate of drug-likeness (QED) is 0.360. The molecule has 0 unspecified atom stereocenters. The van der Waals surface area contributed by atoms with E-state index in [1.54, 1.807) is 0 Å². The number of pyridine rings is 1. The molecule has 36 heavy (non-hydrogen) atoms. The molecule has 9 nitrogen and oxygen atoms in total. The predicted octanol–water partition coefficient (Wildman–Crippen LogP) is 5.00. The van der Waals surface area contributed by atoms with Gasteiger partial charge in [0.1, 0.15) is 17.3 Å². The van der Waals surface area contributed by atoms with Gasteiger partial charge < -0.3 is 5.32 Å². The first kappa shape index (κ1) is 25.8. The Labute approximate surface area is 210 Å². The maximum absolute atomic E-state index is 15.1. The van der Waals surface area contributed by atoms with Crippen molar-refractivity contribution in [3.63, 3.8) is 0 Å². The maximum Gasteiger partial charge on any atom is 0.341 e. The average molecular weight is 524 g/mol. The van der Waals surface area contributed by atoms with Crippen LogP contribution in [0.2, 0.25) is 5.02 Å². The number of halogens is 4. The number of benzene rings is 1. The van der Waals surface area contributed by atoms with E-state index in [9.17, 15) is 18.8 Å². The van der Waals surface area contributed by atoms with Gasteiger partial charge >= 0.3 is 6.03 Å². The molecule has 0 saturated heterocycles. The Balaban J connectivity index is 1.54. The largest absolute Gasteiger partial charge is 0.341 e. The number of nitrogens with one attached hydrogen (secondary N) is 1. The van der Waals surface area contributed by atoms with Gasteiger partial charge in [-0.15, -0.1) is 10.2 Å². The fraction of sp³-hybridized carbons (Fsp3) is 0.435. The van der Waals surface area contributed by atoms with Crippen LogP contribution in [0.25, 0.3) is 22.5 Å². The Kier molecular flexibility index (Phi) is 7.19. The van der Waals surface area contributed by atoms with Crippen molar-refractivity contribution in [2.45, 2.75) is 57.3 Å². The van der Waals surface area contributed by atoms with Crippen LogP contribution in [0.1, 0.15) is 51.3 Å². The number of aromatic nitrogens is 5. The first-order valence-electron chi connectivity index (χ1n) is 11.3. The van der Waals surface area contributed by atoms with E-state index in [0.717, 1.165) is 16.9 Å². The van der Waals surface area contributed by atoms with E-state index in [0.29, 0.717) is 17.9 Å². The van der Waals surface area contributed by atoms with Crippen molar-refractivity contribution in [2.24, 2.45) is 7.05 Å². The summed E-state index contributed by atoms with van der Waals surface area (Å²) in [5.41, 5.74) is -1.01. The van der Waals surface area contributed by atoms with Gasteiger partial charge in [0.05, 0.1) is 30.4 Å². The molecule has 1 atom stereocenters. The third kappa shape index (κ3) is 5.44. The van der Waals surface area contributed by atoms with Gasteiger partial charge in [-0.2, -0.15) is 4.80 Å². The number of hydrogen-bond donors (Lipinski definition) is 2. The van der Waals surface area contributed by atoms with Gasteiger partial charge in [-0.25, -0.2) is 23.0 Å². The minimum absolute atomic E-state index is 0.00870. The predicted molar refractivity (Wildman–Crippen MR) is 125 cm³/mol. The topological polar surface area (TPSA) is 109 Å². The van der Waals surface area contributed by atoms with Crippen LogP contribution in [0.15, 0.2) is 24.4 Å². The van der Waals surface area contributed by atoms with E-state index in [4.69, 9.17) is 11.6 Å². The number of amides is 2. The minimum atomic E-state index is -1.31. The molecule has 192 valence electrons. The van der Waals surface area contributed by atoms with E-state index in [-0.39, 0.29) is 46.1 Å². The second-order valence-electron chi connectivity index (χ2n) is 9.16. The third-order valence-corrected chi connectivity index (χ3v) is 6.49. The number of urea groups is 1. The number of tetrazole rings is 1. The first-order valence-corrected chi connectivity index (χ1v) is 11.7. The minimum Gasteiger partial charge on any atom is -0.328 e. The highest BCUT2D eigenvalue weighted by atomic mass is 35.5. The van der Waals surface area contributed by atoms with Crippen molar-refractivity contribution in [1.29, 1.82) is 0 Å². The molecule has 4 rings (SSSR count). The van der Waals surface area contributed by atoms with Crippen molar-refractivity contribution in [1.82, 2.24) is 35.6 Å². The van der Waals surface area contributed by atoms with Crippen LogP contribution < -0.4 is 5.32 Å². The zero-order chi connectivity index (χ0) is 26.2. The number of rotatable bonds is 5. The Hall–Kier alpha value is -3.25. The van der Waals surface area contributed by atoms with Gasteiger partial charge in [0.2, 0.25) is 5.82 Å². The molecule has 0 spiro atoms. The number of alkyl halides is 1. The highest BCUT2D eigenvalue weighted by Gasteiger charge is 2.35. The smallest absolute Gasteiger partial charge is 0.328 e. The summed E-state index contributed by atoms with van der Waals surface area (Å²) in [6.45, 7) is 3.00. The van der Waals surface area contributed by atoms with Crippen LogP contribution in [0.5, 0.6) is 0 Å². The summed E-state index contributed by atoms with van der Waals surface area (Å²) in [7, 11) is 1.52. The maximum atomic E-state index is 15.1. The van der Waals surface area contributed by atoms with Crippen LogP contribution in [-0.4, -0.2) is 53.2 Å². The molecule has 0 radical (unpaired) electrons. The van der Waals surface area contributed by atoms with Crippen molar-refractivity contribution < 1.29 is 23.2 Å². The molecule has 2 N–H and O–H groups in total. The number of hydroxylamine groups is 2. The lowest BCUT2D eigenvalue weighted by atomic mass is 9.85. The van der Waals surface area contributed by atoms with E-state index in [1.807, 2.05) is 0 Å². The molecular weight excluding hydrogens is 499 g/mol. The summed E-state index contributed by atoms with van der Waals surface area (Å²) in [6.07, 6.45) is 2.39. The number of carbonyl (C=O) groups is 1. The summed E-state index contributed by atoms with van der Waals surface area (Å²) < 4.78 is 43.9. The Morgan fingerprint density at radius 1 is 1.28 bits per heavy atom. The van der Waals surface area contributed by atoms with E-state index < -0.39 is 35.4 Å². The van der Waals surface area contributed by atoms with Crippen LogP contribution in [0.3, 0.4) is 0 Å². The fourth-order valence-corrected chi connectivity index (χ4v) is 4.47. The van der Waals surface area contributed by atoms with Crippen molar-refractivity contribution in [3.05, 3.63) is 46.7 Å². The lowest BCUT2D eigenvalue weighted by Crippen LogP contribution is -2.47. The van der Waals surface area contributed by atoms with Crippen molar-refractivity contribution in [2.75, 3.05) is 0 Å². The molecule has 3 aromatic rings. The van der Waals surface area contributed by atoms with E-state index in [2.05, 4.69) is 25.7 Å². The fourth-order valence-electron chi connectivity index (χ4n) is 4.26. The molecule has 1 aromatic carbocycles. The molecule has 1 aliphatic rings. The molecule has 1 fully saturated rings. The SMILES string of the molecule is C[C@@H](NC(=O)N(O)C1CCC(C)(F)CC1)c1ncc(-c2cc(Cl)cc(F)c2-c2nnn(C)n2)cc1F. The number of aryl methyl sites for hydroxylation is 1. The molecular formula is C23H25ClF3N7O2. The average Bonchev–Trinajstić information content (AvgIpc) is 3.23. The summed E-state index contributed by atoms with van der Waals surface area (Å²) in [5.74, 6) is -1.49. The lowest BCUT2D eigenvalue weighted by molar-refractivity contribution is -0.0977. The zero-order valence-electron chi connectivity index (χ0n) is 19.8. The van der Waals surface area contributed by atoms with Gasteiger partial charge in [-0.3, -0.25) is 10.2 Å². The number of hydrogen-bond acceptors (Lipinski definition) is 6. The molecule has 13 heteroatoms. The standard InChI is InChI=1S/C23H25ClF3N7O2/c1-12(29-22(35)34(36)15-4-6-23(2,27)7-5-15)20-18(26)8-13(11-28-20)16-9-14(24)10-17(25)19(16)21-30-32-33(3)31-21/h8-12,15,36H,4-7H2,1-3H3,(H,29,35)/t12-,15?,23?/m1/s1. The van der Waals surface area contributed by atoms with Crippen LogP contribution in [0, 0.1) is 11.6 Å². The molecule has 0 bridgehead atoms. The van der Waals surface area contributed by atoms with Crippen molar-refractivity contribution in [3.8, 4) is 22.5 Å². The Morgan fingerprint density at radius 2 is 1.97 bits per heavy atom. The Morgan fingerprint density at radius 3 is 2.58 bits per heavy atom. The van der Waals surface area contributed by atoms with Crippen LogP contribution in [-0.2, 0) is 7.05 Å². The van der Waals surface area contributed by atoms with Gasteiger partial charge in [0, 0.05) is 16.8 Å². The Bertz CT molecular complexity index is 1280.